The van der Waals surface area contributed by atoms with E-state index in [1.165, 1.54) is 12.5 Å². The van der Waals surface area contributed by atoms with E-state index in [4.69, 9.17) is 9.57 Å². The minimum Gasteiger partial charge on any atom is -0.462 e. The van der Waals surface area contributed by atoms with Gasteiger partial charge in [0.2, 0.25) is 6.04 Å². The number of oxime groups is 1. The van der Waals surface area contributed by atoms with Gasteiger partial charge in [-0.25, -0.2) is 0 Å². The average molecular weight is 461 g/mol. The van der Waals surface area contributed by atoms with Crippen LogP contribution in [0.1, 0.15) is 79.6 Å². The Morgan fingerprint density at radius 3 is 2.61 bits per heavy atom. The lowest BCUT2D eigenvalue weighted by Gasteiger charge is -2.58. The van der Waals surface area contributed by atoms with E-state index in [9.17, 15) is 14.9 Å². The van der Waals surface area contributed by atoms with Gasteiger partial charge in [-0.15, -0.1) is 0 Å². The summed E-state index contributed by atoms with van der Waals surface area (Å²) in [4.78, 5) is 28.4. The molecule has 0 aromatic rings. The zero-order chi connectivity index (χ0) is 24.1. The maximum Gasteiger partial charge on any atom is 0.302 e. The van der Waals surface area contributed by atoms with Crippen molar-refractivity contribution in [3.63, 3.8) is 0 Å². The molecular formula is C26H40N2O5. The van der Waals surface area contributed by atoms with E-state index < -0.39 is 6.04 Å². The van der Waals surface area contributed by atoms with E-state index >= 15 is 0 Å². The van der Waals surface area contributed by atoms with Crippen LogP contribution in [0.15, 0.2) is 16.8 Å². The van der Waals surface area contributed by atoms with Crippen molar-refractivity contribution in [2.24, 2.45) is 45.6 Å². The van der Waals surface area contributed by atoms with E-state index in [-0.39, 0.29) is 39.7 Å². The number of hydrogen-bond acceptors (Lipinski definition) is 6. The second-order valence-electron chi connectivity index (χ2n) is 11.6. The van der Waals surface area contributed by atoms with Crippen LogP contribution < -0.4 is 0 Å². The smallest absolute Gasteiger partial charge is 0.302 e. The van der Waals surface area contributed by atoms with Gasteiger partial charge in [-0.3, -0.25) is 14.9 Å². The van der Waals surface area contributed by atoms with E-state index in [2.05, 4.69) is 25.1 Å². The number of carbonyl (C=O) groups is 1. The summed E-state index contributed by atoms with van der Waals surface area (Å²) in [5, 5.41) is 16.1. The van der Waals surface area contributed by atoms with Gasteiger partial charge in [0.1, 0.15) is 13.2 Å². The number of esters is 1. The van der Waals surface area contributed by atoms with E-state index in [0.717, 1.165) is 50.7 Å². The molecule has 4 aliphatic carbocycles. The van der Waals surface area contributed by atoms with Crippen molar-refractivity contribution in [3.8, 4) is 0 Å². The molecule has 0 N–H and O–H groups in total. The number of allylic oxidation sites excluding steroid dienone is 1. The number of carbonyl (C=O) groups excluding carboxylic acids is 1. The third kappa shape index (κ3) is 3.89. The van der Waals surface area contributed by atoms with Crippen molar-refractivity contribution in [3.05, 3.63) is 21.8 Å². The molecule has 0 aromatic carbocycles. The van der Waals surface area contributed by atoms with Crippen LogP contribution in [0.25, 0.3) is 0 Å². The predicted molar refractivity (Wildman–Crippen MR) is 126 cm³/mol. The van der Waals surface area contributed by atoms with Crippen LogP contribution in [-0.4, -0.2) is 35.9 Å². The second-order valence-corrected chi connectivity index (χ2v) is 11.6. The molecule has 0 bridgehead atoms. The van der Waals surface area contributed by atoms with Crippen LogP contribution in [0.3, 0.4) is 0 Å². The average Bonchev–Trinajstić information content (AvgIpc) is 3.06. The Morgan fingerprint density at radius 1 is 1.24 bits per heavy atom. The van der Waals surface area contributed by atoms with Crippen LogP contribution in [0.5, 0.6) is 0 Å². The standard InChI is InChI=1S/C26H40N2O5/c1-15(27-32-6)24-21(16(2)28(30)31)14-23-20-8-7-18-13-19(33-17(3)29)9-11-25(18,4)22(20)10-12-26(23,24)5/h7,16,19-24H,8-14H2,1-6H3/b27-15+/t16-,19-,20+,21-,22-,23-,24-,25-,26-/m0/s1. The van der Waals surface area contributed by atoms with Gasteiger partial charge in [0.05, 0.1) is 5.71 Å². The highest BCUT2D eigenvalue weighted by Crippen LogP contribution is 2.68. The predicted octanol–water partition coefficient (Wildman–Crippen LogP) is 5.41. The van der Waals surface area contributed by atoms with Gasteiger partial charge in [-0.2, -0.15) is 0 Å². The second kappa shape index (κ2) is 8.70. The van der Waals surface area contributed by atoms with Gasteiger partial charge in [-0.1, -0.05) is 30.7 Å². The molecule has 3 fully saturated rings. The number of fused-ring (bicyclic) bond motifs is 5. The van der Waals surface area contributed by atoms with Gasteiger partial charge in [0.25, 0.3) is 0 Å². The van der Waals surface area contributed by atoms with Crippen LogP contribution in [0.4, 0.5) is 0 Å². The first-order valence-corrected chi connectivity index (χ1v) is 12.6. The fourth-order valence-electron chi connectivity index (χ4n) is 8.68. The summed E-state index contributed by atoms with van der Waals surface area (Å²) >= 11 is 0. The van der Waals surface area contributed by atoms with Crippen LogP contribution in [0, 0.1) is 50.5 Å². The lowest BCUT2D eigenvalue weighted by atomic mass is 9.47. The zero-order valence-electron chi connectivity index (χ0n) is 21.0. The van der Waals surface area contributed by atoms with Crippen molar-refractivity contribution < 1.29 is 19.3 Å². The number of ether oxygens (including phenoxy) is 1. The summed E-state index contributed by atoms with van der Waals surface area (Å²) in [6, 6.07) is -0.595. The van der Waals surface area contributed by atoms with Gasteiger partial charge in [0.15, 0.2) is 0 Å². The zero-order valence-corrected chi connectivity index (χ0v) is 21.0. The minimum atomic E-state index is -0.595. The Hall–Kier alpha value is -1.92. The first-order chi connectivity index (χ1) is 15.5. The normalized spacial score (nSPS) is 43.5. The van der Waals surface area contributed by atoms with Gasteiger partial charge < -0.3 is 9.57 Å². The number of rotatable bonds is 5. The summed E-state index contributed by atoms with van der Waals surface area (Å²) < 4.78 is 5.56. The molecule has 9 atom stereocenters. The van der Waals surface area contributed by atoms with Crippen LogP contribution >= 0.6 is 0 Å². The van der Waals surface area contributed by atoms with Gasteiger partial charge in [0, 0.05) is 37.0 Å². The molecule has 4 rings (SSSR count). The van der Waals surface area contributed by atoms with E-state index in [0.29, 0.717) is 17.8 Å². The van der Waals surface area contributed by atoms with Crippen LogP contribution in [0.2, 0.25) is 0 Å². The summed E-state index contributed by atoms with van der Waals surface area (Å²) in [6.07, 6.45) is 9.36. The minimum absolute atomic E-state index is 0.00113. The molecule has 0 unspecified atom stereocenters. The van der Waals surface area contributed by atoms with E-state index in [1.54, 1.807) is 14.0 Å². The Labute approximate surface area is 197 Å². The molecule has 0 heterocycles. The van der Waals surface area contributed by atoms with Gasteiger partial charge in [-0.05, 0) is 74.0 Å². The molecule has 0 saturated heterocycles. The van der Waals surface area contributed by atoms with Crippen LogP contribution in [-0.2, 0) is 14.4 Å². The van der Waals surface area contributed by atoms with Crippen molar-refractivity contribution in [2.75, 3.05) is 7.11 Å². The van der Waals surface area contributed by atoms with Crippen molar-refractivity contribution in [1.29, 1.82) is 0 Å². The Kier molecular flexibility index (Phi) is 6.38. The third-order valence-corrected chi connectivity index (χ3v) is 10.1. The number of nitro groups is 1. The SMILES string of the molecule is CO/N=C(\C)[C@H]1[C@H]([C@H](C)[N+](=O)[O-])C[C@H]2[C@@H]3CC=C4C[C@@H](OC(C)=O)CC[C@]4(C)[C@H]3CC[C@@]21C. The van der Waals surface area contributed by atoms with E-state index in [1.807, 2.05) is 6.92 Å². The molecule has 0 amide bonds. The highest BCUT2D eigenvalue weighted by Gasteiger charge is 2.63. The molecule has 7 nitrogen and oxygen atoms in total. The monoisotopic (exact) mass is 460 g/mol. The third-order valence-electron chi connectivity index (χ3n) is 10.1. The molecule has 0 aromatic heterocycles. The molecule has 4 aliphatic rings. The summed E-state index contributed by atoms with van der Waals surface area (Å²) in [7, 11) is 1.56. The molecule has 0 radical (unpaired) electrons. The lowest BCUT2D eigenvalue weighted by Crippen LogP contribution is -2.51. The van der Waals surface area contributed by atoms with Gasteiger partial charge >= 0.3 is 5.97 Å². The Balaban J connectivity index is 1.66. The number of nitrogens with zero attached hydrogens (tertiary/aromatic N) is 2. The summed E-state index contributed by atoms with van der Waals surface area (Å²) in [5.41, 5.74) is 2.50. The molecule has 33 heavy (non-hydrogen) atoms. The lowest BCUT2D eigenvalue weighted by molar-refractivity contribution is -0.528. The Bertz CT molecular complexity index is 869. The molecule has 7 heteroatoms. The maximum atomic E-state index is 11.8. The molecule has 0 spiro atoms. The maximum absolute atomic E-state index is 11.8. The molecule has 0 aliphatic heterocycles. The van der Waals surface area contributed by atoms with Crippen molar-refractivity contribution in [2.45, 2.75) is 91.7 Å². The number of hydrogen-bond donors (Lipinski definition) is 0. The quantitative estimate of drug-likeness (QED) is 0.180. The summed E-state index contributed by atoms with van der Waals surface area (Å²) in [5.74, 6) is 1.41. The fourth-order valence-corrected chi connectivity index (χ4v) is 8.68. The van der Waals surface area contributed by atoms with Crippen molar-refractivity contribution in [1.82, 2.24) is 0 Å². The molecular weight excluding hydrogens is 420 g/mol. The van der Waals surface area contributed by atoms with Crippen molar-refractivity contribution >= 4 is 11.7 Å². The topological polar surface area (TPSA) is 91.0 Å². The molecule has 3 saturated carbocycles. The summed E-state index contributed by atoms with van der Waals surface area (Å²) in [6.45, 7) is 10.0. The highest BCUT2D eigenvalue weighted by atomic mass is 16.6. The fraction of sp³-hybridized carbons (Fsp3) is 0.846. The first kappa shape index (κ1) is 24.2. The largest absolute Gasteiger partial charge is 0.462 e. The first-order valence-electron chi connectivity index (χ1n) is 12.6. The Morgan fingerprint density at radius 2 is 1.97 bits per heavy atom. The highest BCUT2D eigenvalue weighted by molar-refractivity contribution is 5.85. The molecule has 184 valence electrons.